The van der Waals surface area contributed by atoms with Crippen molar-refractivity contribution in [2.45, 2.75) is 35.1 Å². The van der Waals surface area contributed by atoms with E-state index in [1.54, 1.807) is 36.4 Å². The zero-order chi connectivity index (χ0) is 24.6. The second kappa shape index (κ2) is 9.28. The van der Waals surface area contributed by atoms with Crippen LogP contribution in [0.3, 0.4) is 0 Å². The zero-order valence-electron chi connectivity index (χ0n) is 19.4. The first kappa shape index (κ1) is 22.6. The summed E-state index contributed by atoms with van der Waals surface area (Å²) in [4.78, 5) is 19.6. The summed E-state index contributed by atoms with van der Waals surface area (Å²) in [5.74, 6) is 0.226. The summed E-state index contributed by atoms with van der Waals surface area (Å²) in [7, 11) is 0. The van der Waals surface area contributed by atoms with E-state index in [4.69, 9.17) is 4.99 Å². The highest BCUT2D eigenvalue weighted by Gasteiger charge is 2.24. The minimum absolute atomic E-state index is 0.101. The maximum Gasteiger partial charge on any atom is 0.251 e. The molecule has 0 bridgehead atoms. The Morgan fingerprint density at radius 2 is 1.81 bits per heavy atom. The summed E-state index contributed by atoms with van der Waals surface area (Å²) in [6.45, 7) is 0.452. The fourth-order valence-electron chi connectivity index (χ4n) is 4.44. The van der Waals surface area contributed by atoms with Gasteiger partial charge in [-0.15, -0.1) is 0 Å². The molecule has 6 rings (SSSR count). The Labute approximate surface area is 212 Å². The number of hydrogen-bond acceptors (Lipinski definition) is 4. The molecular formula is C30H23FN2O2S. The van der Waals surface area contributed by atoms with Crippen molar-refractivity contribution in [1.29, 1.82) is 0 Å². The highest BCUT2D eigenvalue weighted by atomic mass is 32.2. The summed E-state index contributed by atoms with van der Waals surface area (Å²) in [6, 6.07) is 25.2. The van der Waals surface area contributed by atoms with Crippen molar-refractivity contribution in [1.82, 2.24) is 5.32 Å². The van der Waals surface area contributed by atoms with Crippen LogP contribution in [0.15, 0.2) is 99.7 Å². The molecule has 2 aliphatic rings. The lowest BCUT2D eigenvalue weighted by molar-refractivity contribution is 0.0951. The maximum atomic E-state index is 14.2. The molecule has 0 aromatic heterocycles. The van der Waals surface area contributed by atoms with Gasteiger partial charge in [0.05, 0.1) is 11.4 Å². The number of amides is 1. The Hall–Kier alpha value is -3.90. The molecule has 1 aliphatic heterocycles. The van der Waals surface area contributed by atoms with Crippen molar-refractivity contribution in [3.63, 3.8) is 0 Å². The van der Waals surface area contributed by atoms with Gasteiger partial charge in [0.15, 0.2) is 0 Å². The van der Waals surface area contributed by atoms with Crippen LogP contribution in [0.5, 0.6) is 5.75 Å². The van der Waals surface area contributed by atoms with Gasteiger partial charge in [-0.25, -0.2) is 9.38 Å². The van der Waals surface area contributed by atoms with Gasteiger partial charge in [0.1, 0.15) is 11.6 Å². The molecule has 178 valence electrons. The minimum Gasteiger partial charge on any atom is -0.508 e. The zero-order valence-corrected chi connectivity index (χ0v) is 20.2. The molecule has 0 atom stereocenters. The summed E-state index contributed by atoms with van der Waals surface area (Å²) < 4.78 is 14.2. The number of hydrogen-bond donors (Lipinski definition) is 2. The highest BCUT2D eigenvalue weighted by molar-refractivity contribution is 7.99. The molecule has 36 heavy (non-hydrogen) atoms. The fourth-order valence-corrected chi connectivity index (χ4v) is 5.42. The molecular weight excluding hydrogens is 471 g/mol. The number of nitrogens with zero attached hydrogens (tertiary/aromatic N) is 1. The van der Waals surface area contributed by atoms with Gasteiger partial charge >= 0.3 is 0 Å². The number of fused-ring (bicyclic) bond motifs is 2. The molecule has 4 aromatic carbocycles. The van der Waals surface area contributed by atoms with Gasteiger partial charge in [-0.1, -0.05) is 48.2 Å². The average Bonchev–Trinajstić information content (AvgIpc) is 3.74. The van der Waals surface area contributed by atoms with Crippen LogP contribution in [-0.4, -0.2) is 16.7 Å². The van der Waals surface area contributed by atoms with Crippen LogP contribution in [-0.2, 0) is 6.54 Å². The molecule has 0 saturated heterocycles. The first-order valence-electron chi connectivity index (χ1n) is 11.9. The molecule has 0 radical (unpaired) electrons. The van der Waals surface area contributed by atoms with Crippen molar-refractivity contribution in [2.24, 2.45) is 4.99 Å². The largest absolute Gasteiger partial charge is 0.508 e. The van der Waals surface area contributed by atoms with Crippen LogP contribution in [0.4, 0.5) is 10.1 Å². The van der Waals surface area contributed by atoms with Crippen molar-refractivity contribution < 1.29 is 14.3 Å². The van der Waals surface area contributed by atoms with E-state index in [9.17, 15) is 14.3 Å². The van der Waals surface area contributed by atoms with Crippen LogP contribution in [0, 0.1) is 5.82 Å². The maximum absolute atomic E-state index is 14.2. The third kappa shape index (κ3) is 4.64. The summed E-state index contributed by atoms with van der Waals surface area (Å²) >= 11 is 1.48. The smallest absolute Gasteiger partial charge is 0.251 e. The number of carbonyl (C=O) groups is 1. The SMILES string of the molecule is O=C(NCc1cccc(C2CC2)c1)c1ccc2c(c1)N=C(c1cccc(O)c1)c1cc(F)ccc1S2. The van der Waals surface area contributed by atoms with Crippen molar-refractivity contribution in [2.75, 3.05) is 0 Å². The predicted molar refractivity (Wildman–Crippen MR) is 140 cm³/mol. The van der Waals surface area contributed by atoms with Gasteiger partial charge in [-0.3, -0.25) is 4.79 Å². The number of nitrogens with one attached hydrogen (secondary N) is 1. The second-order valence-corrected chi connectivity index (χ2v) is 10.2. The first-order chi connectivity index (χ1) is 17.5. The third-order valence-electron chi connectivity index (χ3n) is 6.44. The Bertz CT molecular complexity index is 1530. The number of halogens is 1. The molecule has 1 heterocycles. The number of phenols is 1. The monoisotopic (exact) mass is 494 g/mol. The lowest BCUT2D eigenvalue weighted by Gasteiger charge is -2.09. The third-order valence-corrected chi connectivity index (χ3v) is 7.58. The van der Waals surface area contributed by atoms with E-state index >= 15 is 0 Å². The van der Waals surface area contributed by atoms with Gasteiger partial charge in [0.25, 0.3) is 5.91 Å². The van der Waals surface area contributed by atoms with Crippen molar-refractivity contribution in [3.05, 3.63) is 119 Å². The molecule has 6 heteroatoms. The van der Waals surface area contributed by atoms with E-state index in [2.05, 4.69) is 17.4 Å². The number of aliphatic imine (C=N–C) groups is 1. The molecule has 1 amide bonds. The number of aromatic hydroxyl groups is 1. The highest BCUT2D eigenvalue weighted by Crippen LogP contribution is 2.42. The van der Waals surface area contributed by atoms with E-state index in [0.29, 0.717) is 40.6 Å². The molecule has 0 unspecified atom stereocenters. The van der Waals surface area contributed by atoms with Crippen LogP contribution >= 0.6 is 11.8 Å². The molecule has 4 aromatic rings. The number of rotatable bonds is 5. The van der Waals surface area contributed by atoms with Crippen LogP contribution in [0.25, 0.3) is 0 Å². The van der Waals surface area contributed by atoms with Crippen LogP contribution in [0.1, 0.15) is 51.4 Å². The molecule has 1 saturated carbocycles. The Kier molecular flexibility index (Phi) is 5.82. The van der Waals surface area contributed by atoms with Crippen LogP contribution in [0.2, 0.25) is 0 Å². The molecule has 1 fully saturated rings. The number of phenolic OH excluding ortho intramolecular Hbond substituents is 1. The second-order valence-electron chi connectivity index (χ2n) is 9.14. The standard InChI is InChI=1S/C30H23FN2O2S/c31-23-10-12-27-25(16-23)29(21-5-2-6-24(34)14-21)33-26-15-22(9-11-28(26)36-27)30(35)32-17-18-3-1-4-20(13-18)19-7-8-19/h1-6,9-16,19,34H,7-8,17H2,(H,32,35). The predicted octanol–water partition coefficient (Wildman–Crippen LogP) is 6.97. The Balaban J connectivity index is 1.32. The van der Waals surface area contributed by atoms with Crippen molar-refractivity contribution in [3.8, 4) is 5.75 Å². The number of benzene rings is 4. The van der Waals surface area contributed by atoms with Crippen LogP contribution < -0.4 is 5.32 Å². The number of carbonyl (C=O) groups excluding carboxylic acids is 1. The Morgan fingerprint density at radius 1 is 0.972 bits per heavy atom. The Morgan fingerprint density at radius 3 is 2.64 bits per heavy atom. The molecule has 4 nitrogen and oxygen atoms in total. The van der Waals surface area contributed by atoms with E-state index in [1.165, 1.54) is 42.3 Å². The fraction of sp³-hybridized carbons (Fsp3) is 0.133. The lowest BCUT2D eigenvalue weighted by Crippen LogP contribution is -2.22. The minimum atomic E-state index is -0.362. The normalized spacial score (nSPS) is 14.3. The van der Waals surface area contributed by atoms with Crippen molar-refractivity contribution >= 4 is 29.1 Å². The van der Waals surface area contributed by atoms with Gasteiger partial charge in [-0.05, 0) is 78.4 Å². The van der Waals surface area contributed by atoms with E-state index in [-0.39, 0.29) is 17.5 Å². The van der Waals surface area contributed by atoms with Gasteiger partial charge < -0.3 is 10.4 Å². The van der Waals surface area contributed by atoms with E-state index in [1.807, 2.05) is 24.3 Å². The molecule has 1 aliphatic carbocycles. The topological polar surface area (TPSA) is 61.7 Å². The van der Waals surface area contributed by atoms with Gasteiger partial charge in [0.2, 0.25) is 0 Å². The summed E-state index contributed by atoms with van der Waals surface area (Å²) in [5, 5.41) is 13.1. The van der Waals surface area contributed by atoms with Gasteiger partial charge in [-0.2, -0.15) is 0 Å². The first-order valence-corrected chi connectivity index (χ1v) is 12.7. The average molecular weight is 495 g/mol. The summed E-state index contributed by atoms with van der Waals surface area (Å²) in [5.41, 5.74) is 5.40. The van der Waals surface area contributed by atoms with Gasteiger partial charge in [0, 0.05) is 33.0 Å². The summed E-state index contributed by atoms with van der Waals surface area (Å²) in [6.07, 6.45) is 2.48. The van der Waals surface area contributed by atoms with E-state index in [0.717, 1.165) is 15.4 Å². The lowest BCUT2D eigenvalue weighted by atomic mass is 10.0. The molecule has 2 N–H and O–H groups in total. The molecule has 0 spiro atoms. The quantitative estimate of drug-likeness (QED) is 0.277. The van der Waals surface area contributed by atoms with E-state index < -0.39 is 0 Å².